The molecule has 26 heavy (non-hydrogen) atoms. The number of hydrogen-bond acceptors (Lipinski definition) is 4. The Hall–Kier alpha value is -2.17. The zero-order chi connectivity index (χ0) is 17.5. The van der Waals surface area contributed by atoms with Crippen molar-refractivity contribution >= 4 is 18.5 Å². The predicted octanol–water partition coefficient (Wildman–Crippen LogP) is 4.42. The monoisotopic (exact) mass is 375 g/mol. The summed E-state index contributed by atoms with van der Waals surface area (Å²) >= 11 is 0. The maximum atomic E-state index is 5.64. The summed E-state index contributed by atoms with van der Waals surface area (Å²) < 4.78 is 16.7. The molecule has 2 aromatic carbocycles. The summed E-state index contributed by atoms with van der Waals surface area (Å²) in [5.41, 5.74) is 2.40. The van der Waals surface area contributed by atoms with Gasteiger partial charge in [-0.15, -0.1) is 12.4 Å². The Balaban J connectivity index is 0.00000243. The highest BCUT2D eigenvalue weighted by atomic mass is 35.5. The third-order valence-electron chi connectivity index (χ3n) is 3.98. The molecule has 0 bridgehead atoms. The van der Waals surface area contributed by atoms with Gasteiger partial charge in [-0.3, -0.25) is 4.90 Å². The number of likely N-dealkylation sites (N-methyl/N-ethyl adjacent to an activating group) is 1. The lowest BCUT2D eigenvalue weighted by molar-refractivity contribution is 0.171. The summed E-state index contributed by atoms with van der Waals surface area (Å²) in [5, 5.41) is 0. The fourth-order valence-corrected chi connectivity index (χ4v) is 2.77. The van der Waals surface area contributed by atoms with Crippen LogP contribution in [0.3, 0.4) is 0 Å². The van der Waals surface area contributed by atoms with E-state index in [4.69, 9.17) is 14.2 Å². The molecular weight excluding hydrogens is 350 g/mol. The maximum absolute atomic E-state index is 5.64. The zero-order valence-corrected chi connectivity index (χ0v) is 16.1. The molecule has 4 nitrogen and oxygen atoms in total. The minimum absolute atomic E-state index is 0. The molecule has 0 fully saturated rings. The normalized spacial score (nSPS) is 12.9. The molecule has 0 unspecified atom stereocenters. The number of nitrogens with zero attached hydrogens (tertiary/aromatic N) is 1. The first-order valence-corrected chi connectivity index (χ1v) is 8.71. The molecule has 5 heteroatoms. The summed E-state index contributed by atoms with van der Waals surface area (Å²) in [4.78, 5) is 2.26. The van der Waals surface area contributed by atoms with Gasteiger partial charge in [0.15, 0.2) is 11.5 Å². The lowest BCUT2D eigenvalue weighted by atomic mass is 10.1. The minimum atomic E-state index is 0. The number of fused-ring (bicyclic) bond motifs is 1. The minimum Gasteiger partial charge on any atom is -0.494 e. The van der Waals surface area contributed by atoms with Crippen LogP contribution in [-0.4, -0.2) is 38.3 Å². The van der Waals surface area contributed by atoms with Gasteiger partial charge < -0.3 is 14.2 Å². The SMILES string of the molecule is CCOc1ccc(/C=C/CN(C)Cc2ccc3c(c2)OCCO3)cc1.Cl. The molecule has 0 saturated carbocycles. The highest BCUT2D eigenvalue weighted by Gasteiger charge is 2.12. The summed E-state index contributed by atoms with van der Waals surface area (Å²) in [6, 6.07) is 14.3. The number of rotatable bonds is 7. The van der Waals surface area contributed by atoms with E-state index in [-0.39, 0.29) is 12.4 Å². The molecule has 140 valence electrons. The van der Waals surface area contributed by atoms with E-state index in [1.165, 1.54) is 11.1 Å². The molecule has 1 aliphatic rings. The second kappa shape index (κ2) is 10.1. The van der Waals surface area contributed by atoms with Crippen molar-refractivity contribution in [1.82, 2.24) is 4.90 Å². The van der Waals surface area contributed by atoms with E-state index < -0.39 is 0 Å². The molecule has 3 rings (SSSR count). The van der Waals surface area contributed by atoms with Crippen LogP contribution < -0.4 is 14.2 Å². The van der Waals surface area contributed by atoms with Gasteiger partial charge in [0.2, 0.25) is 0 Å². The van der Waals surface area contributed by atoms with Crippen molar-refractivity contribution in [2.75, 3.05) is 33.4 Å². The Morgan fingerprint density at radius 2 is 1.77 bits per heavy atom. The summed E-state index contributed by atoms with van der Waals surface area (Å²) in [6.07, 6.45) is 4.31. The quantitative estimate of drug-likeness (QED) is 0.716. The topological polar surface area (TPSA) is 30.9 Å². The van der Waals surface area contributed by atoms with Crippen molar-refractivity contribution < 1.29 is 14.2 Å². The van der Waals surface area contributed by atoms with Crippen LogP contribution in [0, 0.1) is 0 Å². The Labute approximate surface area is 161 Å². The van der Waals surface area contributed by atoms with Crippen LogP contribution in [0.5, 0.6) is 17.2 Å². The highest BCUT2D eigenvalue weighted by molar-refractivity contribution is 5.85. The van der Waals surface area contributed by atoms with Crippen molar-refractivity contribution in [1.29, 1.82) is 0 Å². The molecular formula is C21H26ClNO3. The van der Waals surface area contributed by atoms with E-state index >= 15 is 0 Å². The van der Waals surface area contributed by atoms with Crippen LogP contribution in [0.15, 0.2) is 48.5 Å². The second-order valence-electron chi connectivity index (χ2n) is 6.08. The van der Waals surface area contributed by atoms with Gasteiger partial charge in [0.25, 0.3) is 0 Å². The molecule has 0 radical (unpaired) electrons. The van der Waals surface area contributed by atoms with E-state index in [0.717, 1.165) is 30.3 Å². The summed E-state index contributed by atoms with van der Waals surface area (Å²) in [7, 11) is 2.11. The number of benzene rings is 2. The van der Waals surface area contributed by atoms with Gasteiger partial charge in [-0.05, 0) is 49.4 Å². The smallest absolute Gasteiger partial charge is 0.161 e. The standard InChI is InChI=1S/C21H25NO3.ClH/c1-3-23-19-9-6-17(7-10-19)5-4-12-22(2)16-18-8-11-20-21(15-18)25-14-13-24-20;/h4-11,15H,3,12-14,16H2,1-2H3;1H/b5-4+;. The molecule has 0 aromatic heterocycles. The Kier molecular flexibility index (Phi) is 7.82. The van der Waals surface area contributed by atoms with Gasteiger partial charge in [-0.2, -0.15) is 0 Å². The molecule has 1 heterocycles. The molecule has 1 aliphatic heterocycles. The molecule has 0 saturated heterocycles. The second-order valence-corrected chi connectivity index (χ2v) is 6.08. The van der Waals surface area contributed by atoms with E-state index in [1.807, 2.05) is 25.1 Å². The van der Waals surface area contributed by atoms with Crippen LogP contribution in [0.2, 0.25) is 0 Å². The third kappa shape index (κ3) is 5.68. The van der Waals surface area contributed by atoms with Crippen molar-refractivity contribution in [2.45, 2.75) is 13.5 Å². The lowest BCUT2D eigenvalue weighted by Gasteiger charge is -2.20. The summed E-state index contributed by atoms with van der Waals surface area (Å²) in [5.74, 6) is 2.60. The van der Waals surface area contributed by atoms with Crippen LogP contribution in [0.4, 0.5) is 0 Å². The largest absolute Gasteiger partial charge is 0.494 e. The van der Waals surface area contributed by atoms with E-state index in [2.05, 4.69) is 48.4 Å². The number of ether oxygens (including phenoxy) is 3. The van der Waals surface area contributed by atoms with Crippen molar-refractivity contribution in [2.24, 2.45) is 0 Å². The van der Waals surface area contributed by atoms with Gasteiger partial charge >= 0.3 is 0 Å². The third-order valence-corrected chi connectivity index (χ3v) is 3.98. The molecule has 2 aromatic rings. The van der Waals surface area contributed by atoms with E-state index in [0.29, 0.717) is 19.8 Å². The summed E-state index contributed by atoms with van der Waals surface area (Å²) in [6.45, 7) is 5.68. The van der Waals surface area contributed by atoms with Crippen LogP contribution >= 0.6 is 12.4 Å². The average molecular weight is 376 g/mol. The molecule has 0 N–H and O–H groups in total. The predicted molar refractivity (Wildman–Crippen MR) is 108 cm³/mol. The van der Waals surface area contributed by atoms with E-state index in [1.54, 1.807) is 0 Å². The zero-order valence-electron chi connectivity index (χ0n) is 15.3. The Bertz CT molecular complexity index is 716. The van der Waals surface area contributed by atoms with Crippen molar-refractivity contribution in [3.05, 3.63) is 59.7 Å². The first kappa shape index (κ1) is 20.1. The van der Waals surface area contributed by atoms with Gasteiger partial charge in [-0.1, -0.05) is 30.4 Å². The molecule has 0 spiro atoms. The first-order chi connectivity index (χ1) is 12.2. The van der Waals surface area contributed by atoms with Gasteiger partial charge in [0.1, 0.15) is 19.0 Å². The van der Waals surface area contributed by atoms with Gasteiger partial charge in [0.05, 0.1) is 6.61 Å². The fourth-order valence-electron chi connectivity index (χ4n) is 2.77. The van der Waals surface area contributed by atoms with Crippen LogP contribution in [-0.2, 0) is 6.54 Å². The van der Waals surface area contributed by atoms with Crippen LogP contribution in [0.1, 0.15) is 18.1 Å². The first-order valence-electron chi connectivity index (χ1n) is 8.71. The van der Waals surface area contributed by atoms with Gasteiger partial charge in [0, 0.05) is 13.1 Å². The Morgan fingerprint density at radius 3 is 2.50 bits per heavy atom. The maximum Gasteiger partial charge on any atom is 0.161 e. The van der Waals surface area contributed by atoms with Gasteiger partial charge in [-0.25, -0.2) is 0 Å². The van der Waals surface area contributed by atoms with Crippen LogP contribution in [0.25, 0.3) is 6.08 Å². The Morgan fingerprint density at radius 1 is 1.04 bits per heavy atom. The molecule has 0 aliphatic carbocycles. The molecule has 0 atom stereocenters. The number of halogens is 1. The lowest BCUT2D eigenvalue weighted by Crippen LogP contribution is -2.19. The number of hydrogen-bond donors (Lipinski definition) is 0. The average Bonchev–Trinajstić information content (AvgIpc) is 2.63. The van der Waals surface area contributed by atoms with E-state index in [9.17, 15) is 0 Å². The molecule has 0 amide bonds. The van der Waals surface area contributed by atoms with Crippen molar-refractivity contribution in [3.63, 3.8) is 0 Å². The van der Waals surface area contributed by atoms with Crippen molar-refractivity contribution in [3.8, 4) is 17.2 Å². The fraction of sp³-hybridized carbons (Fsp3) is 0.333. The highest BCUT2D eigenvalue weighted by Crippen LogP contribution is 2.31.